The molecule has 0 amide bonds. The molecule has 2 aromatic rings. The molecule has 2 rings (SSSR count). The standard InChI is InChI=1S/C25H34O/c1-3-4-5-6-7-8-9-11-14-21(2)22-17-19-24(20-18-22)25(26)23-15-12-10-13-16-23/h10,12-13,15-21H,3-9,11,14H2,1-2H3. The van der Waals surface area contributed by atoms with Crippen LogP contribution in [-0.2, 0) is 0 Å². The van der Waals surface area contributed by atoms with Crippen LogP contribution in [0.1, 0.15) is 99.0 Å². The Morgan fingerprint density at radius 3 is 1.88 bits per heavy atom. The zero-order chi connectivity index (χ0) is 18.6. The second-order valence-electron chi connectivity index (χ2n) is 7.48. The van der Waals surface area contributed by atoms with Crippen molar-refractivity contribution in [1.29, 1.82) is 0 Å². The van der Waals surface area contributed by atoms with Crippen LogP contribution >= 0.6 is 0 Å². The monoisotopic (exact) mass is 350 g/mol. The van der Waals surface area contributed by atoms with Crippen LogP contribution in [0.25, 0.3) is 0 Å². The van der Waals surface area contributed by atoms with Crippen LogP contribution in [0.15, 0.2) is 54.6 Å². The highest BCUT2D eigenvalue weighted by Crippen LogP contribution is 2.23. The van der Waals surface area contributed by atoms with Crippen LogP contribution < -0.4 is 0 Å². The molecule has 0 fully saturated rings. The molecule has 140 valence electrons. The van der Waals surface area contributed by atoms with Crippen LogP contribution in [0, 0.1) is 0 Å². The van der Waals surface area contributed by atoms with Gasteiger partial charge in [-0.25, -0.2) is 0 Å². The lowest BCUT2D eigenvalue weighted by Gasteiger charge is -2.12. The molecule has 0 aliphatic rings. The number of benzene rings is 2. The van der Waals surface area contributed by atoms with Crippen molar-refractivity contribution >= 4 is 5.78 Å². The Hall–Kier alpha value is -1.89. The van der Waals surface area contributed by atoms with Crippen LogP contribution in [0.3, 0.4) is 0 Å². The maximum absolute atomic E-state index is 12.5. The van der Waals surface area contributed by atoms with E-state index in [1.807, 2.05) is 42.5 Å². The van der Waals surface area contributed by atoms with E-state index >= 15 is 0 Å². The first kappa shape index (κ1) is 20.4. The molecule has 1 atom stereocenters. The molecule has 0 aromatic heterocycles. The minimum atomic E-state index is 0.105. The van der Waals surface area contributed by atoms with Crippen molar-refractivity contribution in [2.75, 3.05) is 0 Å². The summed E-state index contributed by atoms with van der Waals surface area (Å²) in [5.74, 6) is 0.670. The van der Waals surface area contributed by atoms with Gasteiger partial charge in [0.2, 0.25) is 0 Å². The predicted molar refractivity (Wildman–Crippen MR) is 112 cm³/mol. The average Bonchev–Trinajstić information content (AvgIpc) is 2.70. The molecular weight excluding hydrogens is 316 g/mol. The second kappa shape index (κ2) is 11.7. The van der Waals surface area contributed by atoms with E-state index in [9.17, 15) is 4.79 Å². The fourth-order valence-electron chi connectivity index (χ4n) is 3.47. The van der Waals surface area contributed by atoms with Crippen molar-refractivity contribution in [3.05, 3.63) is 71.3 Å². The molecule has 1 heteroatoms. The zero-order valence-electron chi connectivity index (χ0n) is 16.5. The molecule has 26 heavy (non-hydrogen) atoms. The fourth-order valence-corrected chi connectivity index (χ4v) is 3.47. The first-order chi connectivity index (χ1) is 12.7. The average molecular weight is 351 g/mol. The van der Waals surface area contributed by atoms with E-state index in [1.54, 1.807) is 0 Å². The smallest absolute Gasteiger partial charge is 0.193 e. The summed E-state index contributed by atoms with van der Waals surface area (Å²) in [4.78, 5) is 12.5. The first-order valence-electron chi connectivity index (χ1n) is 10.4. The lowest BCUT2D eigenvalue weighted by Crippen LogP contribution is -2.02. The molecule has 0 aliphatic carbocycles. The first-order valence-corrected chi connectivity index (χ1v) is 10.4. The normalized spacial score (nSPS) is 12.1. The Morgan fingerprint density at radius 1 is 0.731 bits per heavy atom. The van der Waals surface area contributed by atoms with Gasteiger partial charge in [0.15, 0.2) is 5.78 Å². The summed E-state index contributed by atoms with van der Waals surface area (Å²) in [6.45, 7) is 4.57. The number of carbonyl (C=O) groups is 1. The van der Waals surface area contributed by atoms with E-state index in [0.29, 0.717) is 5.92 Å². The van der Waals surface area contributed by atoms with E-state index in [4.69, 9.17) is 0 Å². The van der Waals surface area contributed by atoms with Gasteiger partial charge in [0.1, 0.15) is 0 Å². The Morgan fingerprint density at radius 2 is 1.27 bits per heavy atom. The molecule has 1 nitrogen and oxygen atoms in total. The Balaban J connectivity index is 1.73. The molecule has 0 bridgehead atoms. The topological polar surface area (TPSA) is 17.1 Å². The predicted octanol–water partition coefficient (Wildman–Crippen LogP) is 7.55. The molecule has 0 aliphatic heterocycles. The van der Waals surface area contributed by atoms with Gasteiger partial charge in [0, 0.05) is 11.1 Å². The molecule has 2 aromatic carbocycles. The molecule has 0 N–H and O–H groups in total. The van der Waals surface area contributed by atoms with Gasteiger partial charge in [-0.2, -0.15) is 0 Å². The fraction of sp³-hybridized carbons (Fsp3) is 0.480. The summed E-state index contributed by atoms with van der Waals surface area (Å²) < 4.78 is 0. The summed E-state index contributed by atoms with van der Waals surface area (Å²) in [5.41, 5.74) is 2.88. The number of hydrogen-bond donors (Lipinski definition) is 0. The van der Waals surface area contributed by atoms with Crippen LogP contribution in [0.2, 0.25) is 0 Å². The highest BCUT2D eigenvalue weighted by molar-refractivity contribution is 6.08. The lowest BCUT2D eigenvalue weighted by atomic mass is 9.93. The third-order valence-corrected chi connectivity index (χ3v) is 5.27. The van der Waals surface area contributed by atoms with Crippen LogP contribution in [0.5, 0.6) is 0 Å². The summed E-state index contributed by atoms with van der Waals surface area (Å²) in [6.07, 6.45) is 12.2. The molecule has 0 saturated heterocycles. The Bertz CT molecular complexity index is 627. The molecule has 0 saturated carbocycles. The van der Waals surface area contributed by atoms with Gasteiger partial charge >= 0.3 is 0 Å². The molecule has 0 spiro atoms. The van der Waals surface area contributed by atoms with Gasteiger partial charge in [-0.1, -0.05) is 120 Å². The maximum atomic E-state index is 12.5. The van der Waals surface area contributed by atoms with Crippen molar-refractivity contribution < 1.29 is 4.79 Å². The van der Waals surface area contributed by atoms with Gasteiger partial charge < -0.3 is 0 Å². The van der Waals surface area contributed by atoms with Gasteiger partial charge in [-0.05, 0) is 17.9 Å². The van der Waals surface area contributed by atoms with E-state index in [0.717, 1.165) is 11.1 Å². The minimum Gasteiger partial charge on any atom is -0.289 e. The number of rotatable bonds is 12. The molecule has 0 heterocycles. The SMILES string of the molecule is CCCCCCCCCCC(C)c1ccc(C(=O)c2ccccc2)cc1. The third kappa shape index (κ3) is 6.78. The third-order valence-electron chi connectivity index (χ3n) is 5.27. The van der Waals surface area contributed by atoms with E-state index in [-0.39, 0.29) is 5.78 Å². The van der Waals surface area contributed by atoms with Crippen LogP contribution in [0.4, 0.5) is 0 Å². The summed E-state index contributed by atoms with van der Waals surface area (Å²) in [6, 6.07) is 17.7. The zero-order valence-corrected chi connectivity index (χ0v) is 16.5. The Labute approximate surface area is 159 Å². The van der Waals surface area contributed by atoms with Crippen molar-refractivity contribution in [3.63, 3.8) is 0 Å². The molecule has 0 radical (unpaired) electrons. The van der Waals surface area contributed by atoms with E-state index < -0.39 is 0 Å². The second-order valence-corrected chi connectivity index (χ2v) is 7.48. The van der Waals surface area contributed by atoms with Crippen molar-refractivity contribution in [2.24, 2.45) is 0 Å². The maximum Gasteiger partial charge on any atom is 0.193 e. The van der Waals surface area contributed by atoms with Crippen molar-refractivity contribution in [3.8, 4) is 0 Å². The van der Waals surface area contributed by atoms with Gasteiger partial charge in [0.05, 0.1) is 0 Å². The molecule has 1 unspecified atom stereocenters. The van der Waals surface area contributed by atoms with Crippen molar-refractivity contribution in [2.45, 2.75) is 77.6 Å². The van der Waals surface area contributed by atoms with Crippen molar-refractivity contribution in [1.82, 2.24) is 0 Å². The van der Waals surface area contributed by atoms with E-state index in [1.165, 1.54) is 63.4 Å². The number of ketones is 1. The Kier molecular flexibility index (Phi) is 9.17. The minimum absolute atomic E-state index is 0.105. The van der Waals surface area contributed by atoms with Gasteiger partial charge in [0.25, 0.3) is 0 Å². The number of carbonyl (C=O) groups excluding carboxylic acids is 1. The summed E-state index contributed by atoms with van der Waals surface area (Å²) in [7, 11) is 0. The van der Waals surface area contributed by atoms with Gasteiger partial charge in [-0.15, -0.1) is 0 Å². The van der Waals surface area contributed by atoms with E-state index in [2.05, 4.69) is 26.0 Å². The quantitative estimate of drug-likeness (QED) is 0.285. The number of hydrogen-bond acceptors (Lipinski definition) is 1. The highest BCUT2D eigenvalue weighted by atomic mass is 16.1. The number of unbranched alkanes of at least 4 members (excludes halogenated alkanes) is 7. The highest BCUT2D eigenvalue weighted by Gasteiger charge is 2.10. The molecular formula is C25H34O. The summed E-state index contributed by atoms with van der Waals surface area (Å²) in [5, 5.41) is 0. The largest absolute Gasteiger partial charge is 0.289 e. The summed E-state index contributed by atoms with van der Waals surface area (Å²) >= 11 is 0. The van der Waals surface area contributed by atoms with Crippen LogP contribution in [-0.4, -0.2) is 5.78 Å². The lowest BCUT2D eigenvalue weighted by molar-refractivity contribution is 0.103. The van der Waals surface area contributed by atoms with Gasteiger partial charge in [-0.3, -0.25) is 4.79 Å².